The van der Waals surface area contributed by atoms with Gasteiger partial charge in [0, 0.05) is 17.0 Å². The second-order valence-electron chi connectivity index (χ2n) is 7.64. The molecule has 31 heavy (non-hydrogen) atoms. The van der Waals surface area contributed by atoms with Crippen LogP contribution in [0.2, 0.25) is 0 Å². The van der Waals surface area contributed by atoms with Crippen LogP contribution in [-0.4, -0.2) is 17.6 Å². The zero-order valence-corrected chi connectivity index (χ0v) is 16.7. The lowest BCUT2D eigenvalue weighted by molar-refractivity contribution is -0.307. The van der Waals surface area contributed by atoms with E-state index in [2.05, 4.69) is 0 Å². The average Bonchev–Trinajstić information content (AvgIpc) is 3.49. The molecule has 1 aliphatic rings. The molecule has 1 fully saturated rings. The minimum atomic E-state index is -1.24. The van der Waals surface area contributed by atoms with Crippen molar-refractivity contribution < 1.29 is 19.1 Å². The van der Waals surface area contributed by atoms with Crippen molar-refractivity contribution in [3.8, 4) is 28.3 Å². The highest BCUT2D eigenvalue weighted by atomic mass is 16.5. The van der Waals surface area contributed by atoms with Gasteiger partial charge in [-0.25, -0.2) is 4.98 Å². The fraction of sp³-hybridized carbons (Fsp3) is 0.154. The number of nitrogens with zero attached hydrogens (tertiary/aromatic N) is 1. The van der Waals surface area contributed by atoms with Gasteiger partial charge in [0.15, 0.2) is 11.7 Å². The van der Waals surface area contributed by atoms with E-state index in [9.17, 15) is 9.90 Å². The second-order valence-corrected chi connectivity index (χ2v) is 7.64. The van der Waals surface area contributed by atoms with E-state index in [4.69, 9.17) is 14.1 Å². The lowest BCUT2D eigenvalue weighted by Gasteiger charge is -2.08. The Morgan fingerprint density at radius 1 is 0.935 bits per heavy atom. The minimum absolute atomic E-state index is 0.177. The third kappa shape index (κ3) is 4.08. The quantitative estimate of drug-likeness (QED) is 0.451. The second kappa shape index (κ2) is 8.11. The zero-order chi connectivity index (χ0) is 21.2. The van der Waals surface area contributed by atoms with Crippen LogP contribution in [0.15, 0.2) is 89.3 Å². The van der Waals surface area contributed by atoms with Gasteiger partial charge >= 0.3 is 0 Å². The normalized spacial score (nSPS) is 17.3. The first-order valence-electron chi connectivity index (χ1n) is 10.2. The van der Waals surface area contributed by atoms with Crippen molar-refractivity contribution in [1.29, 1.82) is 0 Å². The van der Waals surface area contributed by atoms with Crippen LogP contribution < -0.4 is 9.84 Å². The third-order valence-electron chi connectivity index (χ3n) is 5.48. The van der Waals surface area contributed by atoms with Crippen LogP contribution in [0.3, 0.4) is 0 Å². The molecule has 154 valence electrons. The van der Waals surface area contributed by atoms with Gasteiger partial charge in [-0.1, -0.05) is 72.8 Å². The summed E-state index contributed by atoms with van der Waals surface area (Å²) in [4.78, 5) is 15.5. The van der Waals surface area contributed by atoms with Crippen molar-refractivity contribution in [1.82, 2.24) is 4.98 Å². The molecular formula is C26H20NO4-. The molecule has 1 aromatic heterocycles. The highest BCUT2D eigenvalue weighted by molar-refractivity contribution is 5.77. The van der Waals surface area contributed by atoms with Gasteiger partial charge in [-0.2, -0.15) is 0 Å². The summed E-state index contributed by atoms with van der Waals surface area (Å²) in [5.41, 5.74) is 3.95. The highest BCUT2D eigenvalue weighted by Crippen LogP contribution is 2.55. The Kier molecular flexibility index (Phi) is 5.00. The number of carboxylic acid groups (broad SMARTS) is 1. The third-order valence-corrected chi connectivity index (χ3v) is 5.48. The Bertz CT molecular complexity index is 1140. The van der Waals surface area contributed by atoms with Crippen LogP contribution in [0.1, 0.15) is 29.7 Å². The van der Waals surface area contributed by atoms with Gasteiger partial charge < -0.3 is 19.1 Å². The van der Waals surface area contributed by atoms with Crippen molar-refractivity contribution in [3.05, 3.63) is 96.4 Å². The van der Waals surface area contributed by atoms with Gasteiger partial charge in [-0.05, 0) is 30.0 Å². The largest absolute Gasteiger partial charge is 0.546 e. The van der Waals surface area contributed by atoms with Crippen molar-refractivity contribution in [2.45, 2.75) is 18.3 Å². The van der Waals surface area contributed by atoms with Crippen LogP contribution in [0, 0.1) is 0 Å². The summed E-state index contributed by atoms with van der Waals surface area (Å²) in [7, 11) is 0. The van der Waals surface area contributed by atoms with E-state index in [0.717, 1.165) is 40.5 Å². The molecule has 1 aliphatic carbocycles. The fourth-order valence-electron chi connectivity index (χ4n) is 3.89. The number of carbonyl (C=O) groups excluding carboxylic acids is 1. The van der Waals surface area contributed by atoms with Crippen LogP contribution in [0.5, 0.6) is 5.75 Å². The molecule has 4 aromatic rings. The number of carbonyl (C=O) groups is 1. The first kappa shape index (κ1) is 19.1. The number of rotatable bonds is 7. The molecule has 0 bridgehead atoms. The highest BCUT2D eigenvalue weighted by Gasteiger charge is 2.44. The maximum atomic E-state index is 10.7. The number of oxazole rings is 1. The SMILES string of the molecule is O=C([O-])COc1cccc(C2CC2c2nc(-c3ccccc3)c(-c3ccccc3)o2)c1. The lowest BCUT2D eigenvalue weighted by Crippen LogP contribution is -2.28. The van der Waals surface area contributed by atoms with Gasteiger partial charge in [0.1, 0.15) is 18.1 Å². The van der Waals surface area contributed by atoms with Crippen LogP contribution in [0.25, 0.3) is 22.6 Å². The smallest absolute Gasteiger partial charge is 0.199 e. The molecule has 0 aliphatic heterocycles. The monoisotopic (exact) mass is 410 g/mol. The maximum absolute atomic E-state index is 10.7. The summed E-state index contributed by atoms with van der Waals surface area (Å²) >= 11 is 0. The molecule has 2 unspecified atom stereocenters. The van der Waals surface area contributed by atoms with Crippen molar-refractivity contribution in [2.24, 2.45) is 0 Å². The summed E-state index contributed by atoms with van der Waals surface area (Å²) in [6, 6.07) is 27.6. The molecule has 0 spiro atoms. The van der Waals surface area contributed by atoms with E-state index in [1.54, 1.807) is 6.07 Å². The Balaban J connectivity index is 1.44. The molecule has 0 N–H and O–H groups in total. The number of hydrogen-bond acceptors (Lipinski definition) is 5. The van der Waals surface area contributed by atoms with E-state index in [-0.39, 0.29) is 11.8 Å². The van der Waals surface area contributed by atoms with Gasteiger partial charge in [-0.15, -0.1) is 0 Å². The molecular weight excluding hydrogens is 390 g/mol. The van der Waals surface area contributed by atoms with Gasteiger partial charge in [0.05, 0.1) is 5.97 Å². The van der Waals surface area contributed by atoms with Gasteiger partial charge in [0.2, 0.25) is 0 Å². The average molecular weight is 410 g/mol. The molecule has 2 atom stereocenters. The summed E-state index contributed by atoms with van der Waals surface area (Å²) in [5, 5.41) is 10.7. The summed E-state index contributed by atoms with van der Waals surface area (Å²) in [6.45, 7) is -0.460. The van der Waals surface area contributed by atoms with E-state index in [0.29, 0.717) is 5.75 Å². The number of ether oxygens (including phenoxy) is 1. The number of aliphatic carboxylic acids is 1. The molecule has 1 heterocycles. The van der Waals surface area contributed by atoms with Crippen molar-refractivity contribution >= 4 is 5.97 Å². The van der Waals surface area contributed by atoms with Crippen molar-refractivity contribution in [2.75, 3.05) is 6.61 Å². The molecule has 5 heteroatoms. The number of hydrogen-bond donors (Lipinski definition) is 0. The van der Waals surface area contributed by atoms with E-state index < -0.39 is 12.6 Å². The topological polar surface area (TPSA) is 75.4 Å². The predicted octanol–water partition coefficient (Wildman–Crippen LogP) is 4.41. The molecule has 1 saturated carbocycles. The van der Waals surface area contributed by atoms with E-state index in [1.807, 2.05) is 78.9 Å². The molecule has 0 amide bonds. The summed E-state index contributed by atoms with van der Waals surface area (Å²) < 4.78 is 11.6. The van der Waals surface area contributed by atoms with Crippen LogP contribution >= 0.6 is 0 Å². The minimum Gasteiger partial charge on any atom is -0.546 e. The molecule has 0 radical (unpaired) electrons. The lowest BCUT2D eigenvalue weighted by atomic mass is 10.1. The first-order chi connectivity index (χ1) is 15.2. The maximum Gasteiger partial charge on any atom is 0.199 e. The summed E-state index contributed by atoms with van der Waals surface area (Å²) in [6.07, 6.45) is 0.924. The Morgan fingerprint density at radius 2 is 1.65 bits per heavy atom. The molecule has 0 saturated heterocycles. The number of aromatic nitrogens is 1. The molecule has 5 nitrogen and oxygen atoms in total. The summed E-state index contributed by atoms with van der Waals surface area (Å²) in [5.74, 6) is 1.22. The standard InChI is InChI=1S/C26H21NO4/c28-23(29)16-30-20-13-7-12-19(14-20)21-15-22(21)26-27-24(17-8-3-1-4-9-17)25(31-26)18-10-5-2-6-11-18/h1-14,21-22H,15-16H2,(H,28,29)/p-1. The first-order valence-corrected chi connectivity index (χ1v) is 10.2. The van der Waals surface area contributed by atoms with Gasteiger partial charge in [0.25, 0.3) is 0 Å². The molecule has 3 aromatic carbocycles. The fourth-order valence-corrected chi connectivity index (χ4v) is 3.89. The van der Waals surface area contributed by atoms with E-state index in [1.165, 1.54) is 0 Å². The Morgan fingerprint density at radius 3 is 2.35 bits per heavy atom. The number of carboxylic acids is 1. The van der Waals surface area contributed by atoms with Crippen molar-refractivity contribution in [3.63, 3.8) is 0 Å². The number of benzene rings is 3. The zero-order valence-electron chi connectivity index (χ0n) is 16.7. The van der Waals surface area contributed by atoms with E-state index >= 15 is 0 Å². The predicted molar refractivity (Wildman–Crippen MR) is 114 cm³/mol. The Labute approximate surface area is 180 Å². The van der Waals surface area contributed by atoms with Crippen LogP contribution in [-0.2, 0) is 4.79 Å². The molecule has 5 rings (SSSR count). The van der Waals surface area contributed by atoms with Gasteiger partial charge in [-0.3, -0.25) is 0 Å². The Hall–Kier alpha value is -3.86. The van der Waals surface area contributed by atoms with Crippen LogP contribution in [0.4, 0.5) is 0 Å².